The summed E-state index contributed by atoms with van der Waals surface area (Å²) in [6.07, 6.45) is 3.70. The predicted molar refractivity (Wildman–Crippen MR) is 403 cm³/mol. The molecule has 456 valence electrons. The van der Waals surface area contributed by atoms with Crippen molar-refractivity contribution in [3.63, 3.8) is 0 Å². The van der Waals surface area contributed by atoms with Gasteiger partial charge >= 0.3 is 0 Å². The van der Waals surface area contributed by atoms with Crippen molar-refractivity contribution in [2.75, 3.05) is 0 Å². The lowest BCUT2D eigenvalue weighted by Crippen LogP contribution is -2.30. The molecule has 0 saturated heterocycles. The Balaban J connectivity index is 0.837. The van der Waals surface area contributed by atoms with E-state index in [1.807, 2.05) is 117 Å². The first-order valence-corrected chi connectivity index (χ1v) is 37.1. The predicted octanol–water partition coefficient (Wildman–Crippen LogP) is 23.4. The molecule has 0 amide bonds. The van der Waals surface area contributed by atoms with Crippen molar-refractivity contribution < 1.29 is 9.59 Å². The zero-order valence-electron chi connectivity index (χ0n) is 52.1. The number of Topliss-reactive ketones (excluding diaryl/α,β-unsaturated/α-hetero) is 2. The van der Waals surface area contributed by atoms with Gasteiger partial charge < -0.3 is 0 Å². The van der Waals surface area contributed by atoms with Crippen molar-refractivity contribution in [1.29, 1.82) is 15.8 Å². The van der Waals surface area contributed by atoms with E-state index < -0.39 is 10.8 Å². The highest BCUT2D eigenvalue weighted by atomic mass is 32.1. The van der Waals surface area contributed by atoms with Crippen LogP contribution in [0.2, 0.25) is 0 Å². The summed E-state index contributed by atoms with van der Waals surface area (Å²) in [7, 11) is 0. The van der Waals surface area contributed by atoms with Gasteiger partial charge in [0.05, 0.1) is 42.3 Å². The van der Waals surface area contributed by atoms with E-state index in [1.165, 1.54) is 116 Å². The molecular weight excluding hydrogens is 1320 g/mol. The van der Waals surface area contributed by atoms with Gasteiger partial charge in [0.2, 0.25) is 0 Å². The highest BCUT2D eigenvalue weighted by Gasteiger charge is 2.55. The molecule has 18 rings (SSSR count). The van der Waals surface area contributed by atoms with Crippen LogP contribution in [0.25, 0.3) is 96.7 Å². The van der Waals surface area contributed by atoms with Crippen molar-refractivity contribution in [1.82, 2.24) is 0 Å². The van der Waals surface area contributed by atoms with Crippen LogP contribution in [0.15, 0.2) is 217 Å². The van der Waals surface area contributed by atoms with Gasteiger partial charge in [-0.3, -0.25) is 9.59 Å². The fourth-order valence-corrected chi connectivity index (χ4v) is 24.5. The number of thiophene rings is 7. The molecule has 0 unspecified atom stereocenters. The Kier molecular flexibility index (Phi) is 13.4. The van der Waals surface area contributed by atoms with Gasteiger partial charge in [-0.05, 0) is 144 Å². The van der Waals surface area contributed by atoms with Crippen LogP contribution in [0.3, 0.4) is 0 Å². The molecule has 7 heterocycles. The lowest BCUT2D eigenvalue weighted by Gasteiger charge is -2.35. The molecule has 4 aliphatic carbocycles. The third-order valence-corrected chi connectivity index (χ3v) is 28.5. The lowest BCUT2D eigenvalue weighted by atomic mass is 9.65. The van der Waals surface area contributed by atoms with E-state index in [-0.39, 0.29) is 22.8 Å². The van der Waals surface area contributed by atoms with E-state index >= 15 is 0 Å². The molecule has 0 N–H and O–H groups in total. The van der Waals surface area contributed by atoms with Crippen LogP contribution in [0, 0.1) is 68.3 Å². The van der Waals surface area contributed by atoms with Crippen molar-refractivity contribution in [3.05, 3.63) is 327 Å². The van der Waals surface area contributed by atoms with E-state index in [4.69, 9.17) is 6.57 Å². The molecule has 97 heavy (non-hydrogen) atoms. The second-order valence-electron chi connectivity index (χ2n) is 25.1. The van der Waals surface area contributed by atoms with E-state index in [9.17, 15) is 25.4 Å². The van der Waals surface area contributed by atoms with Gasteiger partial charge in [0, 0.05) is 93.0 Å². The molecule has 0 aliphatic heterocycles. The fraction of sp³-hybridized carbons (Fsp3) is 0.0714. The second-order valence-corrected chi connectivity index (χ2v) is 32.5. The Morgan fingerprint density at radius 2 is 0.814 bits per heavy atom. The molecule has 0 fully saturated rings. The van der Waals surface area contributed by atoms with E-state index in [0.29, 0.717) is 44.5 Å². The van der Waals surface area contributed by atoms with Gasteiger partial charge in [-0.15, -0.1) is 79.4 Å². The Bertz CT molecular complexity index is 6060. The Morgan fingerprint density at radius 1 is 0.402 bits per heavy atom. The van der Waals surface area contributed by atoms with Gasteiger partial charge in [0.25, 0.3) is 5.70 Å². The summed E-state index contributed by atoms with van der Waals surface area (Å²) in [5.41, 5.74) is 19.3. The van der Waals surface area contributed by atoms with Crippen molar-refractivity contribution in [2.45, 2.75) is 38.5 Å². The van der Waals surface area contributed by atoms with Crippen LogP contribution < -0.4 is 0 Å². The lowest BCUT2D eigenvalue weighted by molar-refractivity contribution is 0.103. The van der Waals surface area contributed by atoms with Crippen LogP contribution in [-0.4, -0.2) is 11.6 Å². The SMILES string of the molecule is [C-]#[N+]/C(C#N)=C1/C(=Cc2ccc(-c3cc4sc5c(c4s3)C(c3ccc(C)cc3)(c3ccc(C)cc3)c3cc4c(cc3-5)C(c3ccc(C)cc3)(c3ccc(C)cc3)c3c-4sc4c3sc3cc(-c5ccc(C=C6C(=O)c7ccccc7C6=C(C#N)C#N)s5)sc34)s2)C(=O)c2ccccc21. The van der Waals surface area contributed by atoms with Crippen LogP contribution in [-0.2, 0) is 10.8 Å². The molecule has 0 atom stereocenters. The topological polar surface area (TPSA) is 110 Å². The zero-order chi connectivity index (χ0) is 65.9. The molecule has 7 aromatic heterocycles. The second kappa shape index (κ2) is 22.0. The van der Waals surface area contributed by atoms with Gasteiger partial charge in [0.15, 0.2) is 11.6 Å². The van der Waals surface area contributed by atoms with E-state index in [1.54, 1.807) is 34.8 Å². The molecule has 6 nitrogen and oxygen atoms in total. The maximum Gasteiger partial charge on any atom is 0.270 e. The maximum atomic E-state index is 14.1. The molecular formula is C84H46N4O2S7. The summed E-state index contributed by atoms with van der Waals surface area (Å²) >= 11 is 12.5. The van der Waals surface area contributed by atoms with Crippen molar-refractivity contribution in [2.24, 2.45) is 0 Å². The number of allylic oxidation sites excluding steroid dienone is 6. The van der Waals surface area contributed by atoms with Crippen molar-refractivity contribution in [3.8, 4) is 58.6 Å². The summed E-state index contributed by atoms with van der Waals surface area (Å²) in [6, 6.07) is 75.8. The van der Waals surface area contributed by atoms with Crippen molar-refractivity contribution >= 4 is 142 Å². The number of aryl methyl sites for hydroxylation is 4. The molecule has 0 bridgehead atoms. The van der Waals surface area contributed by atoms with Crippen LogP contribution in [0.4, 0.5) is 0 Å². The zero-order valence-corrected chi connectivity index (χ0v) is 57.8. The van der Waals surface area contributed by atoms with Crippen LogP contribution in [0.5, 0.6) is 0 Å². The van der Waals surface area contributed by atoms with Gasteiger partial charge in [-0.1, -0.05) is 168 Å². The average Bonchev–Trinajstić information content (AvgIpc) is 1.49. The fourth-order valence-electron chi connectivity index (χ4n) is 15.3. The third kappa shape index (κ3) is 8.45. The maximum absolute atomic E-state index is 14.1. The number of hydrogen-bond donors (Lipinski definition) is 0. The molecule has 0 radical (unpaired) electrons. The minimum atomic E-state index is -0.742. The van der Waals surface area contributed by atoms with Crippen LogP contribution >= 0.6 is 79.4 Å². The molecule has 0 spiro atoms. The first kappa shape index (κ1) is 59.0. The molecule has 0 saturated carbocycles. The number of rotatable bonds is 8. The summed E-state index contributed by atoms with van der Waals surface area (Å²) < 4.78 is 7.48. The minimum absolute atomic E-state index is 0.0757. The smallest absolute Gasteiger partial charge is 0.270 e. The Labute approximate surface area is 586 Å². The Morgan fingerprint density at radius 3 is 1.27 bits per heavy atom. The van der Waals surface area contributed by atoms with Crippen LogP contribution in [0.1, 0.15) is 108 Å². The number of hydrogen-bond acceptors (Lipinski definition) is 12. The third-order valence-electron chi connectivity index (χ3n) is 19.6. The average molecular weight is 1370 g/mol. The van der Waals surface area contributed by atoms with E-state index in [2.05, 4.69) is 184 Å². The van der Waals surface area contributed by atoms with Gasteiger partial charge in [-0.2, -0.15) is 10.5 Å². The highest BCUT2D eigenvalue weighted by molar-refractivity contribution is 7.41. The standard InChI is InChI=1S/C84H46N4O2S7/c1-43-14-22-48(23-15-43)83(49-24-16-44(2)17-25-49)62-37-59-63(36-58(62)77-73(83)79-69(95-77)38-67(93-79)65-32-31-53(92-65)35-61-72(64(42-87)88-5)55-11-7-9-13-57(55)76(61)90)84(50-26-18-45(3)19-27-50,51-28-20-46(4)21-29-51)74-78(59)97-82-80-70(96-81(74)82)39-68(94-80)66-33-30-52(91-66)34-60-71(47(40-85)41-86)54-10-6-8-12-56(54)75(60)89/h6-39H,1-4H3/b60-34?,61-35?,72-64+. The first-order chi connectivity index (χ1) is 47.3. The summed E-state index contributed by atoms with van der Waals surface area (Å²) in [5, 5.41) is 30.2. The Hall–Kier alpha value is -10.5. The number of ketones is 2. The molecule has 7 aromatic carbocycles. The van der Waals surface area contributed by atoms with Gasteiger partial charge in [-0.25, -0.2) is 10.1 Å². The summed E-state index contributed by atoms with van der Waals surface area (Å²) in [4.78, 5) is 40.3. The number of carbonyl (C=O) groups excluding carboxylic acids is 2. The molecule has 13 heteroatoms. The normalized spacial score (nSPS) is 15.7. The van der Waals surface area contributed by atoms with E-state index in [0.717, 1.165) is 29.3 Å². The largest absolute Gasteiger partial charge is 0.289 e. The number of fused-ring (bicyclic) bond motifs is 14. The van der Waals surface area contributed by atoms with Gasteiger partial charge in [0.1, 0.15) is 17.7 Å². The minimum Gasteiger partial charge on any atom is -0.289 e. The number of nitriles is 3. The first-order valence-electron chi connectivity index (χ1n) is 31.4. The quantitative estimate of drug-likeness (QED) is 0.0855. The monoisotopic (exact) mass is 1370 g/mol. The number of carbonyl (C=O) groups is 2. The summed E-state index contributed by atoms with van der Waals surface area (Å²) in [6.45, 7) is 16.5. The molecule has 14 aromatic rings. The number of benzene rings is 7. The summed E-state index contributed by atoms with van der Waals surface area (Å²) in [5.74, 6) is -0.376. The highest BCUT2D eigenvalue weighted by Crippen LogP contribution is 2.69. The number of nitrogens with zero attached hydrogens (tertiary/aromatic N) is 4. The molecule has 4 aliphatic rings.